The van der Waals surface area contributed by atoms with E-state index in [1.54, 1.807) is 23.3 Å². The van der Waals surface area contributed by atoms with Crippen LogP contribution < -0.4 is 15.6 Å². The van der Waals surface area contributed by atoms with E-state index in [4.69, 9.17) is 11.6 Å². The molecule has 26 heavy (non-hydrogen) atoms. The van der Waals surface area contributed by atoms with E-state index in [1.165, 1.54) is 11.4 Å². The molecule has 1 radical (unpaired) electrons. The summed E-state index contributed by atoms with van der Waals surface area (Å²) in [7, 11) is 0. The molecule has 133 valence electrons. The predicted octanol–water partition coefficient (Wildman–Crippen LogP) is 2.46. The van der Waals surface area contributed by atoms with E-state index in [0.717, 1.165) is 30.0 Å². The summed E-state index contributed by atoms with van der Waals surface area (Å²) in [5.41, 5.74) is 9.09. The Labute approximate surface area is 155 Å². The number of halogens is 1. The Morgan fingerprint density at radius 3 is 2.54 bits per heavy atom. The van der Waals surface area contributed by atoms with Crippen LogP contribution in [0, 0.1) is 0 Å². The van der Waals surface area contributed by atoms with Crippen molar-refractivity contribution >= 4 is 28.7 Å². The van der Waals surface area contributed by atoms with Crippen molar-refractivity contribution in [3.63, 3.8) is 0 Å². The summed E-state index contributed by atoms with van der Waals surface area (Å²) in [5.74, 6) is 0.0802. The highest BCUT2D eigenvalue weighted by molar-refractivity contribution is 6.29. The number of aliphatic hydroxyl groups excluding tert-OH is 1. The highest BCUT2D eigenvalue weighted by Crippen LogP contribution is 2.42. The van der Waals surface area contributed by atoms with E-state index in [-0.39, 0.29) is 11.4 Å². The molecule has 8 heteroatoms. The zero-order chi connectivity index (χ0) is 17.0. The number of rotatable bonds is 2. The maximum Gasteiger partial charge on any atom is 0.235 e. The van der Waals surface area contributed by atoms with E-state index in [0.29, 0.717) is 16.5 Å². The second kappa shape index (κ2) is 6.21. The molecule has 1 aromatic carbocycles. The molecule has 0 amide bonds. The first kappa shape index (κ1) is 16.7. The molecule has 3 aliphatic heterocycles. The summed E-state index contributed by atoms with van der Waals surface area (Å²) in [5, 5.41) is 14.4. The minimum Gasteiger partial charge on any atom is -0.492 e. The van der Waals surface area contributed by atoms with Crippen molar-refractivity contribution in [2.75, 3.05) is 23.1 Å². The number of aliphatic hydroxyl groups is 1. The minimum atomic E-state index is 0. The van der Waals surface area contributed by atoms with Crippen LogP contribution in [0.15, 0.2) is 60.3 Å². The fourth-order valence-corrected chi connectivity index (χ4v) is 3.37. The van der Waals surface area contributed by atoms with E-state index in [1.807, 2.05) is 24.3 Å². The van der Waals surface area contributed by atoms with E-state index in [2.05, 4.69) is 21.5 Å². The largest absolute Gasteiger partial charge is 0.492 e. The predicted molar refractivity (Wildman–Crippen MR) is 100 cm³/mol. The molecule has 0 spiro atoms. The third kappa shape index (κ3) is 2.40. The first-order chi connectivity index (χ1) is 12.2. The van der Waals surface area contributed by atoms with Gasteiger partial charge in [0.2, 0.25) is 5.88 Å². The van der Waals surface area contributed by atoms with Gasteiger partial charge in [-0.05, 0) is 36.2 Å². The van der Waals surface area contributed by atoms with Crippen LogP contribution in [0.3, 0.4) is 0 Å². The van der Waals surface area contributed by atoms with Gasteiger partial charge < -0.3 is 15.5 Å². The maximum atomic E-state index is 10.8. The highest BCUT2D eigenvalue weighted by Gasteiger charge is 2.38. The van der Waals surface area contributed by atoms with Crippen molar-refractivity contribution in [1.29, 1.82) is 0 Å². The number of benzene rings is 1. The Hall–Kier alpha value is -2.74. The molecule has 0 atom stereocenters. The standard InChI is InChI=1S/C18H15ClN5O.H2O/c19-17-7-6-12(11-20-17)23-18(25)16-10-15(22-8-3-9-22)13-4-1-2-5-14(13)24(16)21-23;/h1-2,4-7,10-11,25H,3,8-9H2;1H2. The summed E-state index contributed by atoms with van der Waals surface area (Å²) >= 11 is 5.86. The van der Waals surface area contributed by atoms with E-state index < -0.39 is 0 Å². The number of para-hydroxylation sites is 1. The van der Waals surface area contributed by atoms with Crippen LogP contribution in [0.4, 0.5) is 11.4 Å². The Morgan fingerprint density at radius 2 is 1.85 bits per heavy atom. The highest BCUT2D eigenvalue weighted by atomic mass is 35.5. The lowest BCUT2D eigenvalue weighted by molar-refractivity contribution is 0.281. The van der Waals surface area contributed by atoms with Crippen LogP contribution in [0.25, 0.3) is 5.70 Å². The summed E-state index contributed by atoms with van der Waals surface area (Å²) in [6, 6.07) is 11.6. The second-order valence-corrected chi connectivity index (χ2v) is 6.54. The van der Waals surface area contributed by atoms with Crippen molar-refractivity contribution in [1.82, 2.24) is 15.4 Å². The quantitative estimate of drug-likeness (QED) is 0.820. The van der Waals surface area contributed by atoms with Gasteiger partial charge in [0.15, 0.2) is 0 Å². The van der Waals surface area contributed by atoms with Gasteiger partial charge in [-0.25, -0.2) is 15.0 Å². The molecule has 5 rings (SSSR count). The van der Waals surface area contributed by atoms with Crippen LogP contribution in [0.5, 0.6) is 0 Å². The Balaban J connectivity index is 0.00000168. The molecular weight excluding hydrogens is 354 g/mol. The van der Waals surface area contributed by atoms with Crippen molar-refractivity contribution in [2.45, 2.75) is 6.42 Å². The topological polar surface area (TPSA) is 88.4 Å². The average Bonchev–Trinajstić information content (AvgIpc) is 2.92. The van der Waals surface area contributed by atoms with Crippen LogP contribution in [-0.4, -0.2) is 33.6 Å². The monoisotopic (exact) mass is 370 g/mol. The van der Waals surface area contributed by atoms with Crippen LogP contribution in [0.1, 0.15) is 12.0 Å². The van der Waals surface area contributed by atoms with Crippen molar-refractivity contribution in [2.24, 2.45) is 0 Å². The Morgan fingerprint density at radius 1 is 1.04 bits per heavy atom. The average molecular weight is 371 g/mol. The SMILES string of the molecule is O.OC1=C2C=C(N3CCC3)c3ccccc3N2[N]N1c1ccc(Cl)nc1. The molecular formula is C18H17ClN5O2. The van der Waals surface area contributed by atoms with Gasteiger partial charge in [-0.3, -0.25) is 0 Å². The molecule has 1 aromatic heterocycles. The van der Waals surface area contributed by atoms with Crippen molar-refractivity contribution in [3.8, 4) is 0 Å². The summed E-state index contributed by atoms with van der Waals surface area (Å²) in [6.07, 6.45) is 4.79. The van der Waals surface area contributed by atoms with Crippen molar-refractivity contribution in [3.05, 3.63) is 71.0 Å². The molecule has 0 aliphatic carbocycles. The van der Waals surface area contributed by atoms with E-state index >= 15 is 0 Å². The lowest BCUT2D eigenvalue weighted by Crippen LogP contribution is -2.39. The Kier molecular flexibility index (Phi) is 3.99. The molecule has 0 saturated carbocycles. The third-order valence-electron chi connectivity index (χ3n) is 4.67. The van der Waals surface area contributed by atoms with Gasteiger partial charge in [0.05, 0.1) is 17.6 Å². The maximum absolute atomic E-state index is 10.8. The summed E-state index contributed by atoms with van der Waals surface area (Å²) < 4.78 is 0. The summed E-state index contributed by atoms with van der Waals surface area (Å²) in [4.78, 5) is 6.40. The molecule has 0 unspecified atom stereocenters. The number of aromatic nitrogens is 1. The van der Waals surface area contributed by atoms with Gasteiger partial charge >= 0.3 is 0 Å². The van der Waals surface area contributed by atoms with Gasteiger partial charge in [0.25, 0.3) is 0 Å². The number of hydrogen-bond donors (Lipinski definition) is 1. The lowest BCUT2D eigenvalue weighted by Gasteiger charge is -2.39. The molecule has 7 nitrogen and oxygen atoms in total. The molecule has 3 N–H and O–H groups in total. The normalized spacial score (nSPS) is 18.0. The fourth-order valence-electron chi connectivity index (χ4n) is 3.26. The number of fused-ring (bicyclic) bond motifs is 3. The fraction of sp³-hybridized carbons (Fsp3) is 0.167. The lowest BCUT2D eigenvalue weighted by atomic mass is 10.0. The number of anilines is 2. The first-order valence-corrected chi connectivity index (χ1v) is 8.53. The van der Waals surface area contributed by atoms with Gasteiger partial charge in [-0.2, -0.15) is 0 Å². The van der Waals surface area contributed by atoms with Crippen LogP contribution >= 0.6 is 11.6 Å². The molecule has 3 aliphatic rings. The molecule has 2 aromatic rings. The zero-order valence-corrected chi connectivity index (χ0v) is 14.6. The van der Waals surface area contributed by atoms with Crippen LogP contribution in [-0.2, 0) is 0 Å². The number of pyridine rings is 1. The third-order valence-corrected chi connectivity index (χ3v) is 4.90. The Bertz CT molecular complexity index is 908. The molecule has 1 saturated heterocycles. The van der Waals surface area contributed by atoms with E-state index in [9.17, 15) is 5.11 Å². The van der Waals surface area contributed by atoms with Gasteiger partial charge in [0, 0.05) is 24.4 Å². The number of hydrogen-bond acceptors (Lipinski definition) is 5. The molecule has 4 heterocycles. The number of allylic oxidation sites excluding steroid dienone is 1. The van der Waals surface area contributed by atoms with Crippen LogP contribution in [0.2, 0.25) is 5.15 Å². The number of likely N-dealkylation sites (tertiary alicyclic amines) is 1. The smallest absolute Gasteiger partial charge is 0.235 e. The van der Waals surface area contributed by atoms with Crippen molar-refractivity contribution < 1.29 is 10.6 Å². The first-order valence-electron chi connectivity index (χ1n) is 8.15. The van der Waals surface area contributed by atoms with Gasteiger partial charge in [-0.1, -0.05) is 29.8 Å². The molecule has 1 fully saturated rings. The number of nitrogens with zero attached hydrogens (tertiary/aromatic N) is 5. The summed E-state index contributed by atoms with van der Waals surface area (Å²) in [6.45, 7) is 2.08. The zero-order valence-electron chi connectivity index (χ0n) is 13.8. The van der Waals surface area contributed by atoms with Gasteiger partial charge in [0.1, 0.15) is 10.9 Å². The second-order valence-electron chi connectivity index (χ2n) is 6.15. The minimum absolute atomic E-state index is 0. The molecule has 0 bridgehead atoms. The van der Waals surface area contributed by atoms with Gasteiger partial charge in [-0.15, -0.1) is 0 Å².